The quantitative estimate of drug-likeness (QED) is 0.927. The Kier molecular flexibility index (Phi) is 3.08. The molecule has 1 aromatic carbocycles. The molecule has 1 heterocycles. The van der Waals surface area contributed by atoms with E-state index in [1.54, 1.807) is 0 Å². The molecule has 1 aliphatic carbocycles. The maximum atomic E-state index is 11.5. The number of rotatable bonds is 4. The minimum absolute atomic E-state index is 0.277. The summed E-state index contributed by atoms with van der Waals surface area (Å²) in [6.45, 7) is 3.14. The molecule has 1 N–H and O–H groups in total. The van der Waals surface area contributed by atoms with E-state index in [-0.39, 0.29) is 5.56 Å². The minimum atomic E-state index is -0.922. The molecular weight excluding hydrogens is 252 g/mol. The van der Waals surface area contributed by atoms with Crippen molar-refractivity contribution in [3.8, 4) is 0 Å². The lowest BCUT2D eigenvalue weighted by atomic mass is 10.1. The van der Waals surface area contributed by atoms with Gasteiger partial charge in [0.1, 0.15) is 5.56 Å². The predicted octanol–water partition coefficient (Wildman–Crippen LogP) is 3.03. The van der Waals surface area contributed by atoms with E-state index in [9.17, 15) is 9.90 Å². The number of hydrogen-bond acceptors (Lipinski definition) is 3. The van der Waals surface area contributed by atoms with Crippen LogP contribution in [-0.4, -0.2) is 29.7 Å². The van der Waals surface area contributed by atoms with Crippen LogP contribution in [0.25, 0.3) is 10.9 Å². The first-order chi connectivity index (χ1) is 9.58. The predicted molar refractivity (Wildman–Crippen MR) is 79.2 cm³/mol. The molecular formula is C16H18N2O2. The lowest BCUT2D eigenvalue weighted by molar-refractivity contribution is 0.0697. The van der Waals surface area contributed by atoms with Crippen molar-refractivity contribution in [1.82, 2.24) is 4.98 Å². The summed E-state index contributed by atoms with van der Waals surface area (Å²) in [4.78, 5) is 17.8. The van der Waals surface area contributed by atoms with Crippen molar-refractivity contribution in [3.05, 3.63) is 36.0 Å². The number of pyridine rings is 1. The van der Waals surface area contributed by atoms with Gasteiger partial charge in [-0.3, -0.25) is 4.98 Å². The largest absolute Gasteiger partial charge is 0.478 e. The summed E-state index contributed by atoms with van der Waals surface area (Å²) in [5.74, 6) is 0.501. The topological polar surface area (TPSA) is 53.4 Å². The second-order valence-corrected chi connectivity index (χ2v) is 5.70. The third-order valence-electron chi connectivity index (χ3n) is 4.14. The Morgan fingerprint density at radius 3 is 2.80 bits per heavy atom. The fraction of sp³-hybridized carbons (Fsp3) is 0.375. The van der Waals surface area contributed by atoms with Crippen LogP contribution in [0.15, 0.2) is 30.5 Å². The Labute approximate surface area is 118 Å². The number of anilines is 1. The van der Waals surface area contributed by atoms with Crippen LogP contribution in [-0.2, 0) is 0 Å². The number of nitrogens with zero attached hydrogens (tertiary/aromatic N) is 2. The number of hydrogen-bond donors (Lipinski definition) is 1. The van der Waals surface area contributed by atoms with Crippen LogP contribution in [0.2, 0.25) is 0 Å². The number of fused-ring (bicyclic) bond motifs is 1. The van der Waals surface area contributed by atoms with Gasteiger partial charge in [0.2, 0.25) is 0 Å². The average molecular weight is 270 g/mol. The van der Waals surface area contributed by atoms with Crippen molar-refractivity contribution in [1.29, 1.82) is 0 Å². The molecule has 0 amide bonds. The highest BCUT2D eigenvalue weighted by Gasteiger charge is 2.34. The van der Waals surface area contributed by atoms with Gasteiger partial charge in [-0.1, -0.05) is 25.1 Å². The van der Waals surface area contributed by atoms with Crippen LogP contribution >= 0.6 is 0 Å². The lowest BCUT2D eigenvalue weighted by Gasteiger charge is -2.23. The molecule has 0 aliphatic heterocycles. The fourth-order valence-corrected chi connectivity index (χ4v) is 2.79. The third kappa shape index (κ3) is 2.22. The van der Waals surface area contributed by atoms with Gasteiger partial charge in [-0.05, 0) is 24.3 Å². The summed E-state index contributed by atoms with van der Waals surface area (Å²) in [5.41, 5.74) is 1.89. The molecule has 1 fully saturated rings. The molecule has 4 heteroatoms. The monoisotopic (exact) mass is 270 g/mol. The van der Waals surface area contributed by atoms with E-state index in [1.165, 1.54) is 12.6 Å². The van der Waals surface area contributed by atoms with E-state index in [4.69, 9.17) is 0 Å². The van der Waals surface area contributed by atoms with Gasteiger partial charge in [-0.2, -0.15) is 0 Å². The molecule has 2 unspecified atom stereocenters. The van der Waals surface area contributed by atoms with E-state index in [1.807, 2.05) is 31.3 Å². The van der Waals surface area contributed by atoms with E-state index >= 15 is 0 Å². The highest BCUT2D eigenvalue weighted by atomic mass is 16.4. The number of carboxylic acids is 1. The summed E-state index contributed by atoms with van der Waals surface area (Å²) in [6.07, 6.45) is 2.70. The lowest BCUT2D eigenvalue weighted by Crippen LogP contribution is -2.23. The highest BCUT2D eigenvalue weighted by molar-refractivity contribution is 6.04. The zero-order valence-electron chi connectivity index (χ0n) is 11.7. The normalized spacial score (nSPS) is 20.9. The van der Waals surface area contributed by atoms with Gasteiger partial charge >= 0.3 is 5.97 Å². The van der Waals surface area contributed by atoms with Crippen molar-refractivity contribution in [2.45, 2.75) is 13.3 Å². The van der Waals surface area contributed by atoms with E-state index < -0.39 is 5.97 Å². The molecule has 0 bridgehead atoms. The number of aromatic carboxylic acids is 1. The van der Waals surface area contributed by atoms with Gasteiger partial charge in [0.05, 0.1) is 11.2 Å². The summed E-state index contributed by atoms with van der Waals surface area (Å²) < 4.78 is 0. The van der Waals surface area contributed by atoms with Gasteiger partial charge in [-0.15, -0.1) is 0 Å². The van der Waals surface area contributed by atoms with Crippen molar-refractivity contribution in [2.24, 2.45) is 11.8 Å². The molecule has 4 nitrogen and oxygen atoms in total. The van der Waals surface area contributed by atoms with Crippen LogP contribution in [0.1, 0.15) is 23.7 Å². The van der Waals surface area contributed by atoms with Gasteiger partial charge in [0.15, 0.2) is 0 Å². The Morgan fingerprint density at radius 2 is 2.15 bits per heavy atom. The number of carboxylic acid groups (broad SMARTS) is 1. The second kappa shape index (κ2) is 4.78. The molecule has 0 spiro atoms. The van der Waals surface area contributed by atoms with Crippen LogP contribution in [0, 0.1) is 11.8 Å². The van der Waals surface area contributed by atoms with Crippen molar-refractivity contribution >= 4 is 22.6 Å². The summed E-state index contributed by atoms with van der Waals surface area (Å²) in [6, 6.07) is 7.70. The summed E-state index contributed by atoms with van der Waals surface area (Å²) >= 11 is 0. The Bertz CT molecular complexity index is 669. The second-order valence-electron chi connectivity index (χ2n) is 5.70. The van der Waals surface area contributed by atoms with Gasteiger partial charge < -0.3 is 10.0 Å². The Morgan fingerprint density at radius 1 is 1.45 bits per heavy atom. The zero-order valence-corrected chi connectivity index (χ0v) is 11.7. The fourth-order valence-electron chi connectivity index (χ4n) is 2.79. The number of carbonyl (C=O) groups is 1. The molecule has 20 heavy (non-hydrogen) atoms. The highest BCUT2D eigenvalue weighted by Crippen LogP contribution is 2.40. The first kappa shape index (κ1) is 12.9. The average Bonchev–Trinajstić information content (AvgIpc) is 3.12. The van der Waals surface area contributed by atoms with Gasteiger partial charge in [0, 0.05) is 25.2 Å². The van der Waals surface area contributed by atoms with Gasteiger partial charge in [0.25, 0.3) is 0 Å². The van der Waals surface area contributed by atoms with E-state index in [0.29, 0.717) is 5.92 Å². The molecule has 1 aliphatic rings. The molecule has 1 saturated carbocycles. The van der Waals surface area contributed by atoms with Gasteiger partial charge in [-0.25, -0.2) is 4.79 Å². The molecule has 0 radical (unpaired) electrons. The standard InChI is InChI=1S/C16H18N2O2/c1-10-7-11(10)9-18(2)15-12-5-3-4-6-14(12)17-8-13(15)16(19)20/h3-6,8,10-11H,7,9H2,1-2H3,(H,19,20). The maximum absolute atomic E-state index is 11.5. The Hall–Kier alpha value is -2.10. The van der Waals surface area contributed by atoms with Crippen LogP contribution in [0.4, 0.5) is 5.69 Å². The minimum Gasteiger partial charge on any atom is -0.478 e. The van der Waals surface area contributed by atoms with Crippen LogP contribution in [0.5, 0.6) is 0 Å². The maximum Gasteiger partial charge on any atom is 0.339 e. The van der Waals surface area contributed by atoms with Crippen molar-refractivity contribution < 1.29 is 9.90 Å². The molecule has 104 valence electrons. The Balaban J connectivity index is 2.09. The summed E-state index contributed by atoms with van der Waals surface area (Å²) in [7, 11) is 1.97. The van der Waals surface area contributed by atoms with E-state index in [2.05, 4.69) is 16.8 Å². The third-order valence-corrected chi connectivity index (χ3v) is 4.14. The number of benzene rings is 1. The van der Waals surface area contributed by atoms with Crippen molar-refractivity contribution in [2.75, 3.05) is 18.5 Å². The first-order valence-electron chi connectivity index (χ1n) is 6.90. The molecule has 1 aromatic heterocycles. The van der Waals surface area contributed by atoms with Crippen molar-refractivity contribution in [3.63, 3.8) is 0 Å². The van der Waals surface area contributed by atoms with Crippen LogP contribution in [0.3, 0.4) is 0 Å². The number of aromatic nitrogens is 1. The van der Waals surface area contributed by atoms with Crippen LogP contribution < -0.4 is 4.90 Å². The summed E-state index contributed by atoms with van der Waals surface area (Å²) in [5, 5.41) is 10.3. The van der Waals surface area contributed by atoms with E-state index in [0.717, 1.165) is 29.1 Å². The first-order valence-corrected chi connectivity index (χ1v) is 6.90. The SMILES string of the molecule is CC1CC1CN(C)c1c(C(=O)O)cnc2ccccc12. The molecule has 0 saturated heterocycles. The molecule has 2 atom stereocenters. The zero-order chi connectivity index (χ0) is 14.3. The smallest absolute Gasteiger partial charge is 0.339 e. The molecule has 3 rings (SSSR count). The molecule has 2 aromatic rings. The number of para-hydroxylation sites is 1.